The molecule has 0 fully saturated rings. The summed E-state index contributed by atoms with van der Waals surface area (Å²) in [6.45, 7) is 4.29. The molecule has 21 heavy (non-hydrogen) atoms. The normalized spacial score (nSPS) is 12.4. The summed E-state index contributed by atoms with van der Waals surface area (Å²) in [5.74, 6) is -0.252. The maximum absolute atomic E-state index is 11.9. The van der Waals surface area contributed by atoms with E-state index in [9.17, 15) is 13.6 Å². The molecule has 1 atom stereocenters. The second-order valence-corrected chi connectivity index (χ2v) is 4.67. The molecular formula is C15H22F2N2O2. The van der Waals surface area contributed by atoms with Crippen LogP contribution in [-0.4, -0.2) is 32.1 Å². The molecule has 1 amide bonds. The highest BCUT2D eigenvalue weighted by Gasteiger charge is 2.07. The van der Waals surface area contributed by atoms with Crippen LogP contribution in [0.1, 0.15) is 31.9 Å². The van der Waals surface area contributed by atoms with Crippen LogP contribution in [0.25, 0.3) is 0 Å². The molecule has 0 aromatic heterocycles. The molecule has 118 valence electrons. The molecule has 0 heterocycles. The van der Waals surface area contributed by atoms with E-state index in [4.69, 9.17) is 0 Å². The molecule has 1 aromatic carbocycles. The Balaban J connectivity index is 2.43. The number of ether oxygens (including phenoxy) is 1. The lowest BCUT2D eigenvalue weighted by Crippen LogP contribution is -2.18. The molecule has 6 heteroatoms. The van der Waals surface area contributed by atoms with Crippen LogP contribution in [0.2, 0.25) is 0 Å². The van der Waals surface area contributed by atoms with E-state index in [1.807, 2.05) is 32.0 Å². The molecule has 0 saturated carbocycles. The average molecular weight is 300 g/mol. The van der Waals surface area contributed by atoms with E-state index in [0.717, 1.165) is 12.1 Å². The highest BCUT2D eigenvalue weighted by atomic mass is 19.3. The summed E-state index contributed by atoms with van der Waals surface area (Å²) >= 11 is 0. The maximum Gasteiger partial charge on any atom is 0.261 e. The third-order valence-electron chi connectivity index (χ3n) is 2.90. The molecule has 4 nitrogen and oxygen atoms in total. The van der Waals surface area contributed by atoms with Crippen LogP contribution in [-0.2, 0) is 9.53 Å². The number of amides is 1. The lowest BCUT2D eigenvalue weighted by Gasteiger charge is -2.14. The molecule has 0 radical (unpaired) electrons. The fourth-order valence-corrected chi connectivity index (χ4v) is 1.87. The number of benzene rings is 1. The zero-order valence-corrected chi connectivity index (χ0v) is 12.4. The SMILES string of the molecule is CCNC(C)c1cccc(NC(=O)CCOCC(F)F)c1. The molecule has 1 rings (SSSR count). The van der Waals surface area contributed by atoms with Gasteiger partial charge in [0.05, 0.1) is 13.0 Å². The van der Waals surface area contributed by atoms with E-state index >= 15 is 0 Å². The number of alkyl halides is 2. The van der Waals surface area contributed by atoms with Crippen molar-refractivity contribution in [3.05, 3.63) is 29.8 Å². The predicted molar refractivity (Wildman–Crippen MR) is 78.6 cm³/mol. The summed E-state index contributed by atoms with van der Waals surface area (Å²) in [4.78, 5) is 11.7. The molecule has 0 bridgehead atoms. The van der Waals surface area contributed by atoms with E-state index in [1.54, 1.807) is 6.07 Å². The second kappa shape index (κ2) is 9.41. The van der Waals surface area contributed by atoms with Gasteiger partial charge in [-0.25, -0.2) is 8.78 Å². The predicted octanol–water partition coefficient (Wildman–Crippen LogP) is 2.97. The highest BCUT2D eigenvalue weighted by molar-refractivity contribution is 5.90. The minimum absolute atomic E-state index is 0.0103. The minimum Gasteiger partial charge on any atom is -0.375 e. The third kappa shape index (κ3) is 7.15. The van der Waals surface area contributed by atoms with Gasteiger partial charge in [-0.2, -0.15) is 0 Å². The summed E-state index contributed by atoms with van der Waals surface area (Å²) in [7, 11) is 0. The van der Waals surface area contributed by atoms with Crippen LogP contribution >= 0.6 is 0 Å². The van der Waals surface area contributed by atoms with Gasteiger partial charge in [0, 0.05) is 11.7 Å². The monoisotopic (exact) mass is 300 g/mol. The standard InChI is InChI=1S/C15H22F2N2O2/c1-3-18-11(2)12-5-4-6-13(9-12)19-15(20)7-8-21-10-14(16)17/h4-6,9,11,14,18H,3,7-8,10H2,1-2H3,(H,19,20). The van der Waals surface area contributed by atoms with Crippen LogP contribution in [0.4, 0.5) is 14.5 Å². The maximum atomic E-state index is 11.9. The Morgan fingerprint density at radius 1 is 1.38 bits per heavy atom. The molecule has 1 aromatic rings. The van der Waals surface area contributed by atoms with Crippen molar-refractivity contribution < 1.29 is 18.3 Å². The van der Waals surface area contributed by atoms with E-state index in [2.05, 4.69) is 15.4 Å². The summed E-state index contributed by atoms with van der Waals surface area (Å²) in [6, 6.07) is 7.73. The highest BCUT2D eigenvalue weighted by Crippen LogP contribution is 2.17. The Hall–Kier alpha value is -1.53. The number of anilines is 1. The van der Waals surface area contributed by atoms with Crippen molar-refractivity contribution in [3.8, 4) is 0 Å². The summed E-state index contributed by atoms with van der Waals surface area (Å²) in [5.41, 5.74) is 1.76. The number of carbonyl (C=O) groups is 1. The number of hydrogen-bond acceptors (Lipinski definition) is 3. The minimum atomic E-state index is -2.50. The first-order valence-electron chi connectivity index (χ1n) is 7.02. The van der Waals surface area contributed by atoms with E-state index < -0.39 is 13.0 Å². The molecule has 2 N–H and O–H groups in total. The first kappa shape index (κ1) is 17.5. The zero-order valence-electron chi connectivity index (χ0n) is 12.4. The molecule has 0 saturated heterocycles. The third-order valence-corrected chi connectivity index (χ3v) is 2.90. The van der Waals surface area contributed by atoms with Crippen molar-refractivity contribution in [2.75, 3.05) is 25.1 Å². The van der Waals surface area contributed by atoms with Crippen molar-refractivity contribution in [2.24, 2.45) is 0 Å². The Kier molecular flexibility index (Phi) is 7.85. The lowest BCUT2D eigenvalue weighted by molar-refractivity contribution is -0.117. The van der Waals surface area contributed by atoms with Gasteiger partial charge in [0.25, 0.3) is 6.43 Å². The van der Waals surface area contributed by atoms with Gasteiger partial charge in [-0.3, -0.25) is 4.79 Å². The Labute approximate surface area is 123 Å². The summed E-state index contributed by atoms with van der Waals surface area (Å²) in [5, 5.41) is 6.02. The van der Waals surface area contributed by atoms with E-state index in [1.165, 1.54) is 0 Å². The molecule has 0 aliphatic heterocycles. The van der Waals surface area contributed by atoms with Gasteiger partial charge in [0.1, 0.15) is 6.61 Å². The first-order valence-corrected chi connectivity index (χ1v) is 7.02. The molecule has 0 spiro atoms. The van der Waals surface area contributed by atoms with E-state index in [0.29, 0.717) is 5.69 Å². The van der Waals surface area contributed by atoms with Crippen LogP contribution in [0.15, 0.2) is 24.3 Å². The number of carbonyl (C=O) groups excluding carboxylic acids is 1. The Morgan fingerprint density at radius 2 is 2.14 bits per heavy atom. The summed E-state index contributed by atoms with van der Waals surface area (Å²) < 4.78 is 28.4. The molecule has 0 aliphatic carbocycles. The van der Waals surface area contributed by atoms with Crippen molar-refractivity contribution >= 4 is 11.6 Å². The van der Waals surface area contributed by atoms with Gasteiger partial charge in [-0.1, -0.05) is 19.1 Å². The topological polar surface area (TPSA) is 50.4 Å². The summed E-state index contributed by atoms with van der Waals surface area (Å²) in [6.07, 6.45) is -2.45. The van der Waals surface area contributed by atoms with Gasteiger partial charge in [-0.05, 0) is 31.2 Å². The second-order valence-electron chi connectivity index (χ2n) is 4.67. The van der Waals surface area contributed by atoms with Crippen molar-refractivity contribution in [2.45, 2.75) is 32.7 Å². The van der Waals surface area contributed by atoms with Gasteiger partial charge in [0.15, 0.2) is 0 Å². The number of nitrogens with one attached hydrogen (secondary N) is 2. The fraction of sp³-hybridized carbons (Fsp3) is 0.533. The van der Waals surface area contributed by atoms with Gasteiger partial charge >= 0.3 is 0 Å². The zero-order chi connectivity index (χ0) is 15.7. The van der Waals surface area contributed by atoms with Gasteiger partial charge < -0.3 is 15.4 Å². The number of hydrogen-bond donors (Lipinski definition) is 2. The van der Waals surface area contributed by atoms with Crippen LogP contribution in [0.5, 0.6) is 0 Å². The first-order chi connectivity index (χ1) is 10.0. The Bertz CT molecular complexity index is 441. The van der Waals surface area contributed by atoms with Crippen LogP contribution in [0, 0.1) is 0 Å². The van der Waals surface area contributed by atoms with Crippen molar-refractivity contribution in [1.29, 1.82) is 0 Å². The fourth-order valence-electron chi connectivity index (χ4n) is 1.87. The van der Waals surface area contributed by atoms with Crippen LogP contribution < -0.4 is 10.6 Å². The van der Waals surface area contributed by atoms with Crippen molar-refractivity contribution in [3.63, 3.8) is 0 Å². The van der Waals surface area contributed by atoms with Gasteiger partial charge in [-0.15, -0.1) is 0 Å². The number of rotatable bonds is 9. The average Bonchev–Trinajstić information content (AvgIpc) is 2.44. The molecular weight excluding hydrogens is 278 g/mol. The smallest absolute Gasteiger partial charge is 0.261 e. The molecule has 1 unspecified atom stereocenters. The Morgan fingerprint density at radius 3 is 2.81 bits per heavy atom. The van der Waals surface area contributed by atoms with Gasteiger partial charge in [0.2, 0.25) is 5.91 Å². The quantitative estimate of drug-likeness (QED) is 0.689. The number of halogens is 2. The lowest BCUT2D eigenvalue weighted by atomic mass is 10.1. The van der Waals surface area contributed by atoms with E-state index in [-0.39, 0.29) is 25.0 Å². The molecule has 0 aliphatic rings. The largest absolute Gasteiger partial charge is 0.375 e. The van der Waals surface area contributed by atoms with Crippen LogP contribution in [0.3, 0.4) is 0 Å². The van der Waals surface area contributed by atoms with Crippen molar-refractivity contribution in [1.82, 2.24) is 5.32 Å².